The summed E-state index contributed by atoms with van der Waals surface area (Å²) >= 11 is 0. The maximum Gasteiger partial charge on any atom is 0.339 e. The Bertz CT molecular complexity index is 1030. The molecule has 2 aliphatic rings. The van der Waals surface area contributed by atoms with Crippen LogP contribution in [0.1, 0.15) is 58.3 Å². The Morgan fingerprint density at radius 3 is 2.45 bits per heavy atom. The number of hydrogen-bond acceptors (Lipinski definition) is 4. The molecule has 0 aromatic heterocycles. The van der Waals surface area contributed by atoms with Crippen LogP contribution in [0.3, 0.4) is 0 Å². The van der Waals surface area contributed by atoms with Crippen LogP contribution >= 0.6 is 0 Å². The fourth-order valence-corrected chi connectivity index (χ4v) is 4.81. The van der Waals surface area contributed by atoms with Gasteiger partial charge in [-0.3, -0.25) is 4.99 Å². The molecule has 0 heterocycles. The number of carboxylic acid groups (broad SMARTS) is 1. The maximum atomic E-state index is 11.6. The number of carboxylic acids is 1. The Balaban J connectivity index is 1.50. The first kappa shape index (κ1) is 23.1. The Morgan fingerprint density at radius 1 is 1.09 bits per heavy atom. The van der Waals surface area contributed by atoms with Crippen molar-refractivity contribution in [1.29, 1.82) is 0 Å². The van der Waals surface area contributed by atoms with E-state index in [1.165, 1.54) is 32.1 Å². The molecule has 0 saturated heterocycles. The molecule has 0 radical (unpaired) electrons. The van der Waals surface area contributed by atoms with Crippen molar-refractivity contribution in [3.8, 4) is 16.9 Å². The minimum Gasteiger partial charge on any atom is -0.491 e. The molecule has 1 atom stereocenters. The van der Waals surface area contributed by atoms with E-state index in [1.807, 2.05) is 36.4 Å². The molecule has 0 aliphatic heterocycles. The average Bonchev–Trinajstić information content (AvgIpc) is 3.65. The molecule has 0 bridgehead atoms. The van der Waals surface area contributed by atoms with Crippen LogP contribution < -0.4 is 10.5 Å². The van der Waals surface area contributed by atoms with Gasteiger partial charge in [0.1, 0.15) is 5.75 Å². The van der Waals surface area contributed by atoms with Crippen LogP contribution in [0.15, 0.2) is 65.3 Å². The number of benzene rings is 2. The summed E-state index contributed by atoms with van der Waals surface area (Å²) in [6.45, 7) is 2.17. The molecule has 174 valence electrons. The molecule has 0 spiro atoms. The third-order valence-electron chi connectivity index (χ3n) is 6.63. The van der Waals surface area contributed by atoms with Crippen molar-refractivity contribution < 1.29 is 14.6 Å². The van der Waals surface area contributed by atoms with Crippen LogP contribution in [-0.4, -0.2) is 22.9 Å². The summed E-state index contributed by atoms with van der Waals surface area (Å²) in [5, 5.41) is 9.49. The lowest BCUT2D eigenvalue weighted by atomic mass is 9.85. The number of nitrogens with zero attached hydrogens (tertiary/aromatic N) is 1. The van der Waals surface area contributed by atoms with Gasteiger partial charge in [0.2, 0.25) is 0 Å². The minimum atomic E-state index is -1.04. The topological polar surface area (TPSA) is 84.9 Å². The fraction of sp³-hybridized carbons (Fsp3) is 0.429. The summed E-state index contributed by atoms with van der Waals surface area (Å²) in [7, 11) is 0. The van der Waals surface area contributed by atoms with Crippen LogP contribution in [-0.2, 0) is 4.79 Å². The lowest BCUT2D eigenvalue weighted by Crippen LogP contribution is -2.18. The SMILES string of the molecule is CC(CC1CCCCC1)Oc1cccc(-c2cccc(N=C(C(=CN)C(=O)O)C3CC3)c2)c1. The Hall–Kier alpha value is -3.08. The second kappa shape index (κ2) is 10.7. The van der Waals surface area contributed by atoms with Crippen molar-refractivity contribution in [3.63, 3.8) is 0 Å². The van der Waals surface area contributed by atoms with Crippen molar-refractivity contribution >= 4 is 17.4 Å². The molecule has 2 aromatic carbocycles. The number of carbonyl (C=O) groups is 1. The quantitative estimate of drug-likeness (QED) is 0.340. The van der Waals surface area contributed by atoms with Crippen molar-refractivity contribution in [1.82, 2.24) is 0 Å². The van der Waals surface area contributed by atoms with Crippen LogP contribution in [0.4, 0.5) is 5.69 Å². The summed E-state index contributed by atoms with van der Waals surface area (Å²) in [4.78, 5) is 16.3. The molecule has 2 aromatic rings. The molecule has 0 amide bonds. The largest absolute Gasteiger partial charge is 0.491 e. The highest BCUT2D eigenvalue weighted by Gasteiger charge is 2.32. The summed E-state index contributed by atoms with van der Waals surface area (Å²) in [6, 6.07) is 16.0. The van der Waals surface area contributed by atoms with Crippen molar-refractivity contribution in [2.75, 3.05) is 0 Å². The summed E-state index contributed by atoms with van der Waals surface area (Å²) in [5.74, 6) is 0.793. The molecule has 3 N–H and O–H groups in total. The highest BCUT2D eigenvalue weighted by molar-refractivity contribution is 6.21. The van der Waals surface area contributed by atoms with E-state index < -0.39 is 5.97 Å². The zero-order valence-corrected chi connectivity index (χ0v) is 19.4. The van der Waals surface area contributed by atoms with Crippen molar-refractivity contribution in [3.05, 3.63) is 60.3 Å². The van der Waals surface area contributed by atoms with Gasteiger partial charge in [-0.05, 0) is 67.5 Å². The first-order valence-electron chi connectivity index (χ1n) is 12.1. The smallest absolute Gasteiger partial charge is 0.339 e. The molecule has 2 fully saturated rings. The van der Waals surface area contributed by atoms with E-state index in [2.05, 4.69) is 19.1 Å². The zero-order valence-electron chi connectivity index (χ0n) is 19.4. The number of rotatable bonds is 9. The van der Waals surface area contributed by atoms with E-state index in [1.54, 1.807) is 0 Å². The van der Waals surface area contributed by atoms with E-state index >= 15 is 0 Å². The first-order chi connectivity index (χ1) is 16.0. The van der Waals surface area contributed by atoms with E-state index in [0.717, 1.165) is 53.9 Å². The zero-order chi connectivity index (χ0) is 23.2. The molecule has 33 heavy (non-hydrogen) atoms. The number of aliphatic imine (C=N–C) groups is 1. The summed E-state index contributed by atoms with van der Waals surface area (Å²) < 4.78 is 6.27. The molecular formula is C28H34N2O3. The number of hydrogen-bond donors (Lipinski definition) is 2. The van der Waals surface area contributed by atoms with Gasteiger partial charge in [-0.25, -0.2) is 4.79 Å². The Kier molecular flexibility index (Phi) is 7.48. The fourth-order valence-electron chi connectivity index (χ4n) is 4.81. The number of ether oxygens (including phenoxy) is 1. The second-order valence-electron chi connectivity index (χ2n) is 9.40. The third-order valence-corrected chi connectivity index (χ3v) is 6.63. The molecule has 5 nitrogen and oxygen atoms in total. The van der Waals surface area contributed by atoms with E-state index in [9.17, 15) is 9.90 Å². The van der Waals surface area contributed by atoms with Crippen LogP contribution in [0.25, 0.3) is 11.1 Å². The summed E-state index contributed by atoms with van der Waals surface area (Å²) in [6.07, 6.45) is 11.1. The normalized spacial score (nSPS) is 18.7. The van der Waals surface area contributed by atoms with E-state index in [4.69, 9.17) is 15.5 Å². The van der Waals surface area contributed by atoms with Gasteiger partial charge in [0.05, 0.1) is 23.1 Å². The predicted molar refractivity (Wildman–Crippen MR) is 133 cm³/mol. The van der Waals surface area contributed by atoms with Gasteiger partial charge < -0.3 is 15.6 Å². The number of aliphatic carboxylic acids is 1. The van der Waals surface area contributed by atoms with Crippen LogP contribution in [0, 0.1) is 11.8 Å². The number of nitrogens with two attached hydrogens (primary N) is 1. The highest BCUT2D eigenvalue weighted by atomic mass is 16.5. The Labute approximate surface area is 196 Å². The van der Waals surface area contributed by atoms with Gasteiger partial charge >= 0.3 is 5.97 Å². The van der Waals surface area contributed by atoms with Crippen LogP contribution in [0.5, 0.6) is 5.75 Å². The molecule has 1 unspecified atom stereocenters. The monoisotopic (exact) mass is 446 g/mol. The van der Waals surface area contributed by atoms with Crippen LogP contribution in [0.2, 0.25) is 0 Å². The molecule has 4 rings (SSSR count). The highest BCUT2D eigenvalue weighted by Crippen LogP contribution is 2.36. The Morgan fingerprint density at radius 2 is 1.79 bits per heavy atom. The molecule has 2 saturated carbocycles. The van der Waals surface area contributed by atoms with E-state index in [-0.39, 0.29) is 17.6 Å². The van der Waals surface area contributed by atoms with Crippen molar-refractivity contribution in [2.45, 2.75) is 64.4 Å². The predicted octanol–water partition coefficient (Wildman–Crippen LogP) is 6.50. The van der Waals surface area contributed by atoms with Gasteiger partial charge in [0, 0.05) is 12.1 Å². The molecular weight excluding hydrogens is 412 g/mol. The average molecular weight is 447 g/mol. The maximum absolute atomic E-state index is 11.6. The van der Waals surface area contributed by atoms with E-state index in [0.29, 0.717) is 5.71 Å². The van der Waals surface area contributed by atoms with Gasteiger partial charge in [-0.15, -0.1) is 0 Å². The van der Waals surface area contributed by atoms with Crippen molar-refractivity contribution in [2.24, 2.45) is 22.6 Å². The van der Waals surface area contributed by atoms with Gasteiger partial charge in [-0.2, -0.15) is 0 Å². The first-order valence-corrected chi connectivity index (χ1v) is 12.1. The lowest BCUT2D eigenvalue weighted by Gasteiger charge is -2.25. The second-order valence-corrected chi connectivity index (χ2v) is 9.40. The third kappa shape index (κ3) is 6.25. The molecule has 2 aliphatic carbocycles. The lowest BCUT2D eigenvalue weighted by molar-refractivity contribution is -0.132. The molecule has 5 heteroatoms. The standard InChI is InChI=1S/C28H34N2O3/c1-19(15-20-7-3-2-4-8-20)33-25-12-6-10-23(17-25)22-9-5-11-24(16-22)30-27(21-13-14-21)26(18-29)28(31)32/h5-6,9-12,16-21H,2-4,7-8,13-15,29H2,1H3,(H,31,32). The van der Waals surface area contributed by atoms with Gasteiger partial charge in [-0.1, -0.05) is 56.4 Å². The minimum absolute atomic E-state index is 0.0882. The summed E-state index contributed by atoms with van der Waals surface area (Å²) in [5.41, 5.74) is 9.04. The van der Waals surface area contributed by atoms with Gasteiger partial charge in [0.25, 0.3) is 0 Å². The van der Waals surface area contributed by atoms with Gasteiger partial charge in [0.15, 0.2) is 0 Å².